The van der Waals surface area contributed by atoms with E-state index in [9.17, 15) is 8.42 Å². The summed E-state index contributed by atoms with van der Waals surface area (Å²) < 4.78 is 24.8. The number of halogens is 2. The third-order valence-corrected chi connectivity index (χ3v) is 5.16. The van der Waals surface area contributed by atoms with E-state index in [1.54, 1.807) is 23.9 Å². The van der Waals surface area contributed by atoms with Gasteiger partial charge in [-0.05, 0) is 45.2 Å². The van der Waals surface area contributed by atoms with Gasteiger partial charge in [0.2, 0.25) is 15.3 Å². The minimum Gasteiger partial charge on any atom is -0.319 e. The number of aromatic nitrogens is 4. The topological polar surface area (TPSA) is 130 Å². The van der Waals surface area contributed by atoms with Gasteiger partial charge in [0.15, 0.2) is 5.65 Å². The fourth-order valence-corrected chi connectivity index (χ4v) is 3.65. The van der Waals surface area contributed by atoms with Crippen LogP contribution in [0.25, 0.3) is 11.0 Å². The summed E-state index contributed by atoms with van der Waals surface area (Å²) in [5.74, 6) is 0. The van der Waals surface area contributed by atoms with Crippen LogP contribution >= 0.6 is 27.5 Å². The van der Waals surface area contributed by atoms with E-state index in [1.807, 2.05) is 0 Å². The van der Waals surface area contributed by atoms with Crippen molar-refractivity contribution in [2.45, 2.75) is 10.9 Å². The van der Waals surface area contributed by atoms with Gasteiger partial charge in [-0.15, -0.1) is 0 Å². The second kappa shape index (κ2) is 6.05. The molecule has 0 radical (unpaired) electrons. The minimum absolute atomic E-state index is 0.00637. The molecular formula is C13H12BrClN6O2S. The Morgan fingerprint density at radius 3 is 2.46 bits per heavy atom. The predicted octanol–water partition coefficient (Wildman–Crippen LogP) is 1.47. The number of primary sulfonamides is 1. The lowest BCUT2D eigenvalue weighted by Gasteiger charge is -2.13. The van der Waals surface area contributed by atoms with E-state index in [4.69, 9.17) is 22.5 Å². The summed E-state index contributed by atoms with van der Waals surface area (Å²) in [6.45, 7) is 0. The highest BCUT2D eigenvalue weighted by Crippen LogP contribution is 2.31. The third kappa shape index (κ3) is 3.03. The Bertz CT molecular complexity index is 1030. The van der Waals surface area contributed by atoms with E-state index in [0.717, 1.165) is 0 Å². The molecular weight excluding hydrogens is 420 g/mol. The van der Waals surface area contributed by atoms with Crippen molar-refractivity contribution in [1.29, 1.82) is 0 Å². The molecule has 3 aromatic rings. The maximum absolute atomic E-state index is 11.3. The highest BCUT2D eigenvalue weighted by atomic mass is 79.9. The van der Waals surface area contributed by atoms with Crippen molar-refractivity contribution in [2.24, 2.45) is 17.9 Å². The summed E-state index contributed by atoms with van der Waals surface area (Å²) in [5.41, 5.74) is 7.96. The number of sulfonamides is 1. The summed E-state index contributed by atoms with van der Waals surface area (Å²) in [6.07, 6.45) is 0. The Morgan fingerprint density at radius 2 is 1.88 bits per heavy atom. The first-order chi connectivity index (χ1) is 11.2. The fraction of sp³-hybridized carbons (Fsp3) is 0.154. The van der Waals surface area contributed by atoms with Gasteiger partial charge >= 0.3 is 0 Å². The largest absolute Gasteiger partial charge is 0.319 e. The second-order valence-corrected chi connectivity index (χ2v) is 7.73. The quantitative estimate of drug-likeness (QED) is 0.604. The van der Waals surface area contributed by atoms with Crippen LogP contribution in [0.15, 0.2) is 33.8 Å². The second-order valence-electron chi connectivity index (χ2n) is 5.08. The number of benzene rings is 1. The van der Waals surface area contributed by atoms with Crippen molar-refractivity contribution in [3.05, 3.63) is 45.4 Å². The summed E-state index contributed by atoms with van der Waals surface area (Å²) >= 11 is 9.36. The summed E-state index contributed by atoms with van der Waals surface area (Å²) in [5, 5.41) is 10.0. The van der Waals surface area contributed by atoms with Crippen LogP contribution in [0.4, 0.5) is 0 Å². The number of nitrogens with two attached hydrogens (primary N) is 2. The van der Waals surface area contributed by atoms with Gasteiger partial charge in [0.25, 0.3) is 0 Å². The first-order valence-corrected chi connectivity index (χ1v) is 9.34. The zero-order chi connectivity index (χ0) is 17.6. The smallest absolute Gasteiger partial charge is 0.238 e. The highest BCUT2D eigenvalue weighted by Gasteiger charge is 2.21. The summed E-state index contributed by atoms with van der Waals surface area (Å²) in [7, 11) is -2.03. The average molecular weight is 432 g/mol. The lowest BCUT2D eigenvalue weighted by Crippen LogP contribution is -2.16. The molecule has 0 aliphatic heterocycles. The highest BCUT2D eigenvalue weighted by molar-refractivity contribution is 9.10. The Hall–Kier alpha value is -1.59. The Kier molecular flexibility index (Phi) is 4.34. The maximum atomic E-state index is 11.3. The number of hydrogen-bond donors (Lipinski definition) is 2. The lowest BCUT2D eigenvalue weighted by atomic mass is 10.0. The molecule has 1 aromatic carbocycles. The zero-order valence-electron chi connectivity index (χ0n) is 12.3. The SMILES string of the molecule is Cn1nc(Br)c2c(C(N)c3ccc(S(N)(=O)=O)cc3)nc(Cl)nc21. The summed E-state index contributed by atoms with van der Waals surface area (Å²) in [4.78, 5) is 8.38. The monoisotopic (exact) mass is 430 g/mol. The molecule has 0 spiro atoms. The molecule has 1 unspecified atom stereocenters. The number of fused-ring (bicyclic) bond motifs is 1. The van der Waals surface area contributed by atoms with Gasteiger partial charge in [0.05, 0.1) is 22.0 Å². The van der Waals surface area contributed by atoms with Crippen molar-refractivity contribution in [3.8, 4) is 0 Å². The van der Waals surface area contributed by atoms with E-state index in [2.05, 4.69) is 31.0 Å². The minimum atomic E-state index is -3.76. The van der Waals surface area contributed by atoms with Gasteiger partial charge in [0, 0.05) is 7.05 Å². The molecule has 3 rings (SSSR count). The van der Waals surface area contributed by atoms with E-state index >= 15 is 0 Å². The molecule has 0 saturated carbocycles. The van der Waals surface area contributed by atoms with Gasteiger partial charge in [-0.2, -0.15) is 10.1 Å². The molecule has 2 heterocycles. The third-order valence-electron chi connectivity index (χ3n) is 3.50. The van der Waals surface area contributed by atoms with Gasteiger partial charge < -0.3 is 5.73 Å². The molecule has 24 heavy (non-hydrogen) atoms. The van der Waals surface area contributed by atoms with E-state index in [-0.39, 0.29) is 10.2 Å². The zero-order valence-corrected chi connectivity index (χ0v) is 15.5. The molecule has 0 aliphatic carbocycles. The van der Waals surface area contributed by atoms with Crippen molar-refractivity contribution in [3.63, 3.8) is 0 Å². The molecule has 0 bridgehead atoms. The molecule has 0 saturated heterocycles. The molecule has 2 aromatic heterocycles. The van der Waals surface area contributed by atoms with E-state index in [1.165, 1.54) is 12.1 Å². The number of rotatable bonds is 3. The van der Waals surface area contributed by atoms with Gasteiger partial charge in [-0.3, -0.25) is 0 Å². The number of aryl methyl sites for hydroxylation is 1. The lowest BCUT2D eigenvalue weighted by molar-refractivity contribution is 0.597. The van der Waals surface area contributed by atoms with Crippen LogP contribution in [-0.2, 0) is 17.1 Å². The number of hydrogen-bond acceptors (Lipinski definition) is 6. The first kappa shape index (κ1) is 17.2. The molecule has 126 valence electrons. The predicted molar refractivity (Wildman–Crippen MR) is 92.9 cm³/mol. The summed E-state index contributed by atoms with van der Waals surface area (Å²) in [6, 6.07) is 5.29. The standard InChI is InChI=1S/C13H12BrClN6O2S/c1-21-12-8(11(14)20-21)10(18-13(15)19-12)9(16)6-2-4-7(5-3-6)24(17,22)23/h2-5,9H,16H2,1H3,(H2,17,22,23). The van der Waals surface area contributed by atoms with Gasteiger partial charge in [-0.25, -0.2) is 23.2 Å². The van der Waals surface area contributed by atoms with Crippen molar-refractivity contribution in [2.75, 3.05) is 0 Å². The van der Waals surface area contributed by atoms with Crippen molar-refractivity contribution >= 4 is 48.6 Å². The molecule has 0 amide bonds. The van der Waals surface area contributed by atoms with Crippen LogP contribution in [0.1, 0.15) is 17.3 Å². The van der Waals surface area contributed by atoms with Gasteiger partial charge in [0.1, 0.15) is 4.60 Å². The van der Waals surface area contributed by atoms with Crippen LogP contribution in [0.5, 0.6) is 0 Å². The Balaban J connectivity index is 2.13. The Labute approximate surface area is 151 Å². The van der Waals surface area contributed by atoms with Crippen LogP contribution < -0.4 is 10.9 Å². The normalized spacial score (nSPS) is 13.4. The van der Waals surface area contributed by atoms with Crippen LogP contribution in [-0.4, -0.2) is 28.2 Å². The van der Waals surface area contributed by atoms with E-state index in [0.29, 0.717) is 26.9 Å². The van der Waals surface area contributed by atoms with E-state index < -0.39 is 16.1 Å². The first-order valence-electron chi connectivity index (χ1n) is 6.62. The molecule has 8 nitrogen and oxygen atoms in total. The molecule has 0 fully saturated rings. The maximum Gasteiger partial charge on any atom is 0.238 e. The average Bonchev–Trinajstić information content (AvgIpc) is 2.79. The molecule has 0 aliphatic rings. The van der Waals surface area contributed by atoms with Crippen molar-refractivity contribution in [1.82, 2.24) is 19.7 Å². The molecule has 4 N–H and O–H groups in total. The Morgan fingerprint density at radius 1 is 1.25 bits per heavy atom. The van der Waals surface area contributed by atoms with Crippen LogP contribution in [0.2, 0.25) is 5.28 Å². The molecule has 11 heteroatoms. The van der Waals surface area contributed by atoms with Gasteiger partial charge in [-0.1, -0.05) is 12.1 Å². The van der Waals surface area contributed by atoms with Crippen LogP contribution in [0.3, 0.4) is 0 Å². The van der Waals surface area contributed by atoms with Crippen LogP contribution in [0, 0.1) is 0 Å². The molecule has 1 atom stereocenters. The van der Waals surface area contributed by atoms with Crippen molar-refractivity contribution < 1.29 is 8.42 Å². The number of nitrogens with zero attached hydrogens (tertiary/aromatic N) is 4. The fourth-order valence-electron chi connectivity index (χ4n) is 2.35.